The molecule has 1 aromatic carbocycles. The van der Waals surface area contributed by atoms with Gasteiger partial charge in [-0.05, 0) is 30.1 Å². The van der Waals surface area contributed by atoms with Crippen LogP contribution in [0.5, 0.6) is 0 Å². The maximum atomic E-state index is 6.27. The van der Waals surface area contributed by atoms with Gasteiger partial charge in [0.15, 0.2) is 0 Å². The van der Waals surface area contributed by atoms with E-state index in [9.17, 15) is 0 Å². The SMILES string of the molecule is C=Cc1ccccc1C(C)CO[Si](CC)(CC)OCC. The zero-order valence-corrected chi connectivity index (χ0v) is 14.3. The van der Waals surface area contributed by atoms with Crippen molar-refractivity contribution in [2.45, 2.75) is 45.7 Å². The quantitative estimate of drug-likeness (QED) is 0.598. The van der Waals surface area contributed by atoms with E-state index in [1.807, 2.05) is 19.1 Å². The Morgan fingerprint density at radius 1 is 1.15 bits per heavy atom. The molecule has 0 saturated heterocycles. The highest BCUT2D eigenvalue weighted by Crippen LogP contribution is 2.25. The molecule has 0 N–H and O–H groups in total. The van der Waals surface area contributed by atoms with Crippen LogP contribution in [0.25, 0.3) is 6.08 Å². The molecule has 1 atom stereocenters. The van der Waals surface area contributed by atoms with Gasteiger partial charge in [0.25, 0.3) is 0 Å². The molecule has 1 rings (SSSR count). The van der Waals surface area contributed by atoms with Crippen molar-refractivity contribution in [2.75, 3.05) is 13.2 Å². The normalized spacial score (nSPS) is 13.2. The first kappa shape index (κ1) is 17.1. The van der Waals surface area contributed by atoms with Gasteiger partial charge in [0.05, 0.1) is 0 Å². The molecule has 0 spiro atoms. The van der Waals surface area contributed by atoms with Crippen molar-refractivity contribution in [3.63, 3.8) is 0 Å². The van der Waals surface area contributed by atoms with Crippen molar-refractivity contribution in [3.05, 3.63) is 42.0 Å². The monoisotopic (exact) mass is 292 g/mol. The fourth-order valence-electron chi connectivity index (χ4n) is 2.48. The van der Waals surface area contributed by atoms with Gasteiger partial charge in [0.2, 0.25) is 0 Å². The summed E-state index contributed by atoms with van der Waals surface area (Å²) in [4.78, 5) is 0. The number of hydrogen-bond donors (Lipinski definition) is 0. The van der Waals surface area contributed by atoms with Crippen molar-refractivity contribution >= 4 is 14.6 Å². The number of benzene rings is 1. The summed E-state index contributed by atoms with van der Waals surface area (Å²) in [5.41, 5.74) is 2.49. The lowest BCUT2D eigenvalue weighted by Gasteiger charge is -2.30. The van der Waals surface area contributed by atoms with E-state index in [0.717, 1.165) is 25.3 Å². The summed E-state index contributed by atoms with van der Waals surface area (Å²) in [7, 11) is -1.99. The maximum absolute atomic E-state index is 6.27. The van der Waals surface area contributed by atoms with Gasteiger partial charge >= 0.3 is 8.56 Å². The molecule has 0 radical (unpaired) electrons. The predicted octanol–water partition coefficient (Wildman–Crippen LogP) is 4.97. The molecule has 0 aliphatic carbocycles. The molecular formula is C17H28O2Si. The van der Waals surface area contributed by atoms with E-state index in [-0.39, 0.29) is 0 Å². The molecule has 0 bridgehead atoms. The fourth-order valence-corrected chi connectivity index (χ4v) is 4.95. The third kappa shape index (κ3) is 4.30. The average Bonchev–Trinajstić information content (AvgIpc) is 2.51. The molecule has 1 aromatic rings. The maximum Gasteiger partial charge on any atom is 0.337 e. The Balaban J connectivity index is 2.74. The second-order valence-electron chi connectivity index (χ2n) is 5.10. The largest absolute Gasteiger partial charge is 0.395 e. The standard InChI is InChI=1S/C17H28O2Si/c1-6-16-12-10-11-13-17(16)15(5)14-19-20(8-3,9-4)18-7-2/h6,10-13,15H,1,7-9,14H2,2-5H3. The zero-order chi connectivity index (χ0) is 15.0. The van der Waals surface area contributed by atoms with Gasteiger partial charge in [0, 0.05) is 19.1 Å². The van der Waals surface area contributed by atoms with Gasteiger partial charge in [-0.2, -0.15) is 0 Å². The first-order chi connectivity index (χ1) is 9.62. The minimum absolute atomic E-state index is 0.356. The van der Waals surface area contributed by atoms with Crippen LogP contribution in [0.1, 0.15) is 44.7 Å². The van der Waals surface area contributed by atoms with E-state index < -0.39 is 8.56 Å². The summed E-state index contributed by atoms with van der Waals surface area (Å²) in [5.74, 6) is 0.356. The number of hydrogen-bond acceptors (Lipinski definition) is 2. The van der Waals surface area contributed by atoms with Crippen molar-refractivity contribution in [1.29, 1.82) is 0 Å². The molecule has 0 amide bonds. The number of rotatable bonds is 9. The molecule has 0 aliphatic heterocycles. The highest BCUT2D eigenvalue weighted by atomic mass is 28.4. The van der Waals surface area contributed by atoms with Gasteiger partial charge in [0.1, 0.15) is 0 Å². The van der Waals surface area contributed by atoms with Crippen LogP contribution in [0.3, 0.4) is 0 Å². The lowest BCUT2D eigenvalue weighted by atomic mass is 9.96. The Labute approximate surface area is 125 Å². The topological polar surface area (TPSA) is 18.5 Å². The molecule has 1 unspecified atom stereocenters. The molecule has 0 heterocycles. The van der Waals surface area contributed by atoms with E-state index in [1.54, 1.807) is 0 Å². The predicted molar refractivity (Wildman–Crippen MR) is 89.2 cm³/mol. The molecule has 0 aromatic heterocycles. The highest BCUT2D eigenvalue weighted by molar-refractivity contribution is 6.67. The van der Waals surface area contributed by atoms with Crippen LogP contribution in [-0.4, -0.2) is 21.8 Å². The van der Waals surface area contributed by atoms with E-state index in [4.69, 9.17) is 8.85 Å². The van der Waals surface area contributed by atoms with Gasteiger partial charge in [-0.25, -0.2) is 0 Å². The smallest absolute Gasteiger partial charge is 0.337 e. The highest BCUT2D eigenvalue weighted by Gasteiger charge is 2.33. The summed E-state index contributed by atoms with van der Waals surface area (Å²) >= 11 is 0. The van der Waals surface area contributed by atoms with E-state index >= 15 is 0 Å². The average molecular weight is 292 g/mol. The van der Waals surface area contributed by atoms with Gasteiger partial charge < -0.3 is 8.85 Å². The van der Waals surface area contributed by atoms with Crippen LogP contribution in [0.4, 0.5) is 0 Å². The Morgan fingerprint density at radius 3 is 2.35 bits per heavy atom. The molecule has 2 nitrogen and oxygen atoms in total. The molecule has 112 valence electrons. The van der Waals surface area contributed by atoms with Crippen molar-refractivity contribution in [3.8, 4) is 0 Å². The Bertz CT molecular complexity index is 413. The van der Waals surface area contributed by atoms with Crippen LogP contribution in [-0.2, 0) is 8.85 Å². The molecule has 3 heteroatoms. The Hall–Kier alpha value is -0.903. The van der Waals surface area contributed by atoms with Crippen molar-refractivity contribution in [1.82, 2.24) is 0 Å². The second-order valence-corrected chi connectivity index (χ2v) is 8.91. The van der Waals surface area contributed by atoms with Crippen LogP contribution in [0.15, 0.2) is 30.8 Å². The van der Waals surface area contributed by atoms with E-state index in [0.29, 0.717) is 5.92 Å². The fraction of sp³-hybridized carbons (Fsp3) is 0.529. The first-order valence-corrected chi connectivity index (χ1v) is 9.84. The lowest BCUT2D eigenvalue weighted by Crippen LogP contribution is -2.41. The van der Waals surface area contributed by atoms with Gasteiger partial charge in [-0.15, -0.1) is 0 Å². The molecule has 20 heavy (non-hydrogen) atoms. The summed E-state index contributed by atoms with van der Waals surface area (Å²) in [5, 5.41) is 0. The third-order valence-electron chi connectivity index (χ3n) is 3.83. The van der Waals surface area contributed by atoms with Crippen LogP contribution in [0.2, 0.25) is 12.1 Å². The summed E-state index contributed by atoms with van der Waals surface area (Å²) in [6.07, 6.45) is 1.92. The molecule has 0 saturated carbocycles. The van der Waals surface area contributed by atoms with E-state index in [2.05, 4.69) is 45.5 Å². The van der Waals surface area contributed by atoms with Gasteiger partial charge in [-0.3, -0.25) is 0 Å². The van der Waals surface area contributed by atoms with E-state index in [1.165, 1.54) is 11.1 Å². The summed E-state index contributed by atoms with van der Waals surface area (Å²) < 4.78 is 12.2. The van der Waals surface area contributed by atoms with Crippen LogP contribution < -0.4 is 0 Å². The van der Waals surface area contributed by atoms with Crippen LogP contribution in [0, 0.1) is 0 Å². The van der Waals surface area contributed by atoms with Crippen LogP contribution >= 0.6 is 0 Å². The molecule has 0 fully saturated rings. The first-order valence-electron chi connectivity index (χ1n) is 7.61. The Morgan fingerprint density at radius 2 is 1.80 bits per heavy atom. The van der Waals surface area contributed by atoms with Crippen molar-refractivity contribution in [2.24, 2.45) is 0 Å². The Kier molecular flexibility index (Phi) is 7.20. The van der Waals surface area contributed by atoms with Crippen molar-refractivity contribution < 1.29 is 8.85 Å². The van der Waals surface area contributed by atoms with Gasteiger partial charge in [-0.1, -0.05) is 57.7 Å². The second kappa shape index (κ2) is 8.40. The minimum Gasteiger partial charge on any atom is -0.395 e. The summed E-state index contributed by atoms with van der Waals surface area (Å²) in [6.45, 7) is 14.0. The molecular weight excluding hydrogens is 264 g/mol. The third-order valence-corrected chi connectivity index (χ3v) is 7.49. The summed E-state index contributed by atoms with van der Waals surface area (Å²) in [6, 6.07) is 10.4. The zero-order valence-electron chi connectivity index (χ0n) is 13.3. The lowest BCUT2D eigenvalue weighted by molar-refractivity contribution is 0.168. The minimum atomic E-state index is -1.99. The molecule has 0 aliphatic rings.